The van der Waals surface area contributed by atoms with Crippen LogP contribution < -0.4 is 15.8 Å². The Morgan fingerprint density at radius 3 is 2.74 bits per heavy atom. The Labute approximate surface area is 135 Å². The van der Waals surface area contributed by atoms with Gasteiger partial charge in [-0.15, -0.1) is 0 Å². The van der Waals surface area contributed by atoms with Crippen molar-refractivity contribution >= 4 is 23.3 Å². The van der Waals surface area contributed by atoms with Crippen molar-refractivity contribution in [2.75, 3.05) is 5.32 Å². The Kier molecular flexibility index (Phi) is 2.74. The van der Waals surface area contributed by atoms with Crippen LogP contribution in [0.3, 0.4) is 0 Å². The van der Waals surface area contributed by atoms with Gasteiger partial charge < -0.3 is 10.4 Å². The Balaban J connectivity index is 2.01. The van der Waals surface area contributed by atoms with Gasteiger partial charge in [-0.2, -0.15) is 0 Å². The monoisotopic (exact) mass is 305 g/mol. The van der Waals surface area contributed by atoms with E-state index in [9.17, 15) is 9.90 Å². The predicted octanol–water partition coefficient (Wildman–Crippen LogP) is 2.96. The molecule has 0 radical (unpaired) electrons. The largest absolute Gasteiger partial charge is 0.478 e. The van der Waals surface area contributed by atoms with Crippen molar-refractivity contribution in [3.05, 3.63) is 51.9 Å². The van der Waals surface area contributed by atoms with E-state index in [1.165, 1.54) is 10.8 Å². The molecule has 4 rings (SSSR count). The highest BCUT2D eigenvalue weighted by Gasteiger charge is 2.25. The lowest BCUT2D eigenvalue weighted by Gasteiger charge is -2.32. The van der Waals surface area contributed by atoms with Crippen molar-refractivity contribution < 1.29 is 9.90 Å². The highest BCUT2D eigenvalue weighted by atomic mass is 16.4. The average molecular weight is 305 g/mol. The van der Waals surface area contributed by atoms with E-state index >= 15 is 0 Å². The summed E-state index contributed by atoms with van der Waals surface area (Å²) in [7, 11) is 0. The van der Waals surface area contributed by atoms with E-state index in [1.54, 1.807) is 6.07 Å². The maximum atomic E-state index is 11.5. The van der Waals surface area contributed by atoms with Crippen molar-refractivity contribution in [1.82, 2.24) is 0 Å². The van der Waals surface area contributed by atoms with E-state index < -0.39 is 5.97 Å². The third-order valence-corrected chi connectivity index (χ3v) is 4.76. The molecule has 0 fully saturated rings. The molecule has 0 saturated carbocycles. The fourth-order valence-electron chi connectivity index (χ4n) is 3.89. The SMILES string of the molecule is CC1=c2cc3c(cc2NC(C)(C)C1)=Cc1c(C(=O)O)cccc1-3. The molecule has 0 saturated heterocycles. The Morgan fingerprint density at radius 2 is 2.00 bits per heavy atom. The minimum absolute atomic E-state index is 0.0446. The van der Waals surface area contributed by atoms with Crippen LogP contribution in [0.4, 0.5) is 5.69 Å². The fourth-order valence-corrected chi connectivity index (χ4v) is 3.89. The number of carbonyl (C=O) groups is 1. The number of aromatic carboxylic acids is 1. The number of benzene rings is 2. The molecule has 0 spiro atoms. The second-order valence-corrected chi connectivity index (χ2v) is 7.17. The molecule has 1 heterocycles. The Bertz CT molecular complexity index is 983. The topological polar surface area (TPSA) is 49.3 Å². The van der Waals surface area contributed by atoms with Crippen molar-refractivity contribution in [3.63, 3.8) is 0 Å². The summed E-state index contributed by atoms with van der Waals surface area (Å²) in [4.78, 5) is 11.5. The molecular weight excluding hydrogens is 286 g/mol. The molecule has 116 valence electrons. The van der Waals surface area contributed by atoms with Crippen LogP contribution in [0.25, 0.3) is 22.8 Å². The van der Waals surface area contributed by atoms with E-state index in [1.807, 2.05) is 18.2 Å². The third-order valence-electron chi connectivity index (χ3n) is 4.76. The molecule has 0 unspecified atom stereocenters. The van der Waals surface area contributed by atoms with Crippen LogP contribution in [0.5, 0.6) is 0 Å². The average Bonchev–Trinajstić information content (AvgIpc) is 2.81. The molecular formula is C20H19NO2. The standard InChI is InChI=1S/C20H19NO2/c1-11-10-20(2,3)21-18-8-12-7-17-13(16(12)9-15(11)18)5-4-6-14(17)19(22)23/h4-9,21H,10H2,1-3H3,(H,22,23). The van der Waals surface area contributed by atoms with Crippen LogP contribution in [-0.4, -0.2) is 16.6 Å². The molecule has 2 N–H and O–H groups in total. The molecule has 2 aliphatic rings. The van der Waals surface area contributed by atoms with Crippen LogP contribution in [-0.2, 0) is 0 Å². The zero-order valence-electron chi connectivity index (χ0n) is 13.5. The molecule has 0 amide bonds. The zero-order valence-corrected chi connectivity index (χ0v) is 13.5. The van der Waals surface area contributed by atoms with Crippen molar-refractivity contribution in [2.45, 2.75) is 32.7 Å². The highest BCUT2D eigenvalue weighted by Crippen LogP contribution is 2.31. The van der Waals surface area contributed by atoms with E-state index in [-0.39, 0.29) is 5.54 Å². The number of fused-ring (bicyclic) bond motifs is 4. The van der Waals surface area contributed by atoms with Gasteiger partial charge in [0.05, 0.1) is 5.56 Å². The molecule has 23 heavy (non-hydrogen) atoms. The quantitative estimate of drug-likeness (QED) is 0.727. The van der Waals surface area contributed by atoms with Gasteiger partial charge in [-0.1, -0.05) is 17.7 Å². The maximum Gasteiger partial charge on any atom is 0.336 e. The van der Waals surface area contributed by atoms with Gasteiger partial charge in [-0.3, -0.25) is 0 Å². The first-order valence-corrected chi connectivity index (χ1v) is 7.86. The highest BCUT2D eigenvalue weighted by molar-refractivity contribution is 5.98. The molecule has 2 aromatic rings. The fraction of sp³-hybridized carbons (Fsp3) is 0.250. The van der Waals surface area contributed by atoms with Crippen molar-refractivity contribution in [3.8, 4) is 11.1 Å². The van der Waals surface area contributed by atoms with Crippen LogP contribution in [0, 0.1) is 0 Å². The lowest BCUT2D eigenvalue weighted by atomic mass is 9.88. The van der Waals surface area contributed by atoms with Gasteiger partial charge in [0.15, 0.2) is 0 Å². The summed E-state index contributed by atoms with van der Waals surface area (Å²) in [5, 5.41) is 15.3. The number of anilines is 1. The van der Waals surface area contributed by atoms with Gasteiger partial charge in [0.2, 0.25) is 0 Å². The molecule has 0 atom stereocenters. The second kappa shape index (κ2) is 4.48. The summed E-state index contributed by atoms with van der Waals surface area (Å²) >= 11 is 0. The van der Waals surface area contributed by atoms with Gasteiger partial charge in [-0.25, -0.2) is 4.79 Å². The first-order chi connectivity index (χ1) is 10.9. The summed E-state index contributed by atoms with van der Waals surface area (Å²) in [6.07, 6.45) is 3.00. The van der Waals surface area contributed by atoms with Gasteiger partial charge in [0.25, 0.3) is 0 Å². The number of carboxylic acids is 1. The molecule has 3 nitrogen and oxygen atoms in total. The summed E-state index contributed by atoms with van der Waals surface area (Å²) in [5.41, 5.74) is 5.87. The minimum atomic E-state index is -0.877. The summed E-state index contributed by atoms with van der Waals surface area (Å²) in [5.74, 6) is -0.877. The smallest absolute Gasteiger partial charge is 0.336 e. The number of hydrogen-bond acceptors (Lipinski definition) is 2. The first-order valence-electron chi connectivity index (χ1n) is 7.86. The van der Waals surface area contributed by atoms with Gasteiger partial charge in [0.1, 0.15) is 0 Å². The van der Waals surface area contributed by atoms with E-state index in [4.69, 9.17) is 0 Å². The molecule has 1 aliphatic carbocycles. The van der Waals surface area contributed by atoms with E-state index in [0.717, 1.165) is 34.0 Å². The normalized spacial score (nSPS) is 16.7. The maximum absolute atomic E-state index is 11.5. The molecule has 0 aromatic heterocycles. The number of rotatable bonds is 1. The molecule has 2 aromatic carbocycles. The Hall–Kier alpha value is -2.55. The number of nitrogens with one attached hydrogen (secondary N) is 1. The zero-order chi connectivity index (χ0) is 16.4. The lowest BCUT2D eigenvalue weighted by molar-refractivity contribution is 0.0696. The van der Waals surface area contributed by atoms with Crippen LogP contribution in [0.2, 0.25) is 0 Å². The summed E-state index contributed by atoms with van der Waals surface area (Å²) in [6.45, 7) is 6.59. The first kappa shape index (κ1) is 14.1. The predicted molar refractivity (Wildman–Crippen MR) is 93.1 cm³/mol. The van der Waals surface area contributed by atoms with E-state index in [0.29, 0.717) is 5.56 Å². The summed E-state index contributed by atoms with van der Waals surface area (Å²) in [6, 6.07) is 9.85. The lowest BCUT2D eigenvalue weighted by Crippen LogP contribution is -2.39. The van der Waals surface area contributed by atoms with Crippen molar-refractivity contribution in [2.24, 2.45) is 0 Å². The van der Waals surface area contributed by atoms with Gasteiger partial charge in [-0.05, 0) is 78.6 Å². The van der Waals surface area contributed by atoms with Crippen LogP contribution >= 0.6 is 0 Å². The van der Waals surface area contributed by atoms with Gasteiger partial charge >= 0.3 is 5.97 Å². The molecule has 3 heteroatoms. The minimum Gasteiger partial charge on any atom is -0.478 e. The second-order valence-electron chi connectivity index (χ2n) is 7.17. The van der Waals surface area contributed by atoms with Crippen LogP contribution in [0.15, 0.2) is 30.3 Å². The number of hydrogen-bond donors (Lipinski definition) is 2. The van der Waals surface area contributed by atoms with Crippen molar-refractivity contribution in [1.29, 1.82) is 0 Å². The Morgan fingerprint density at radius 1 is 1.22 bits per heavy atom. The van der Waals surface area contributed by atoms with Crippen LogP contribution in [0.1, 0.15) is 43.1 Å². The third kappa shape index (κ3) is 2.07. The van der Waals surface area contributed by atoms with E-state index in [2.05, 4.69) is 38.2 Å². The summed E-state index contributed by atoms with van der Waals surface area (Å²) < 4.78 is 0. The molecule has 0 bridgehead atoms. The molecule has 1 aliphatic heterocycles. The number of carboxylic acid groups (broad SMARTS) is 1. The van der Waals surface area contributed by atoms with Gasteiger partial charge in [0, 0.05) is 11.2 Å².